The number of halogens is 2. The average Bonchev–Trinajstić information content (AvgIpc) is 3.61. The van der Waals surface area contributed by atoms with Crippen LogP contribution in [0.15, 0.2) is 36.9 Å². The number of nitrogens with zero attached hydrogens (tertiary/aromatic N) is 8. The Balaban J connectivity index is 1.29. The lowest BCUT2D eigenvalue weighted by atomic mass is 9.92. The van der Waals surface area contributed by atoms with Gasteiger partial charge in [-0.1, -0.05) is 0 Å². The summed E-state index contributed by atoms with van der Waals surface area (Å²) < 4.78 is 38.0. The van der Waals surface area contributed by atoms with Crippen molar-refractivity contribution in [3.8, 4) is 17.1 Å². The van der Waals surface area contributed by atoms with Crippen LogP contribution in [0.5, 0.6) is 6.01 Å². The fourth-order valence-electron chi connectivity index (χ4n) is 5.88. The molecule has 5 heterocycles. The molecule has 2 aliphatic heterocycles. The minimum atomic E-state index is -2.68. The van der Waals surface area contributed by atoms with Gasteiger partial charge in [-0.25, -0.2) is 23.5 Å². The Hall–Kier alpha value is -4.88. The second-order valence-electron chi connectivity index (χ2n) is 11.0. The van der Waals surface area contributed by atoms with E-state index in [1.165, 1.54) is 12.4 Å². The number of amides is 1. The van der Waals surface area contributed by atoms with Crippen molar-refractivity contribution in [2.24, 2.45) is 7.05 Å². The van der Waals surface area contributed by atoms with Crippen molar-refractivity contribution in [3.63, 3.8) is 0 Å². The van der Waals surface area contributed by atoms with Crippen LogP contribution in [0.4, 0.5) is 20.3 Å². The number of anilines is 2. The summed E-state index contributed by atoms with van der Waals surface area (Å²) in [5.41, 5.74) is 4.63. The number of rotatable bonds is 9. The SMILES string of the molecule is CC(=O)N1CCc2c(c(N3CCCc4cc(-c5cnn(C)c5)c(C(F)F)cc43)nn2CCCOc2ncc(C(=O)O)cn2)C1. The molecule has 12 nitrogen and oxygen atoms in total. The van der Waals surface area contributed by atoms with Crippen LogP contribution >= 0.6 is 0 Å². The first kappa shape index (κ1) is 29.2. The summed E-state index contributed by atoms with van der Waals surface area (Å²) in [6, 6.07) is 3.52. The Labute approximate surface area is 251 Å². The van der Waals surface area contributed by atoms with Gasteiger partial charge >= 0.3 is 12.0 Å². The average molecular weight is 607 g/mol. The Bertz CT molecular complexity index is 1700. The van der Waals surface area contributed by atoms with Crippen molar-refractivity contribution in [3.05, 3.63) is 64.9 Å². The molecule has 0 fully saturated rings. The lowest BCUT2D eigenvalue weighted by Gasteiger charge is -2.33. The summed E-state index contributed by atoms with van der Waals surface area (Å²) in [5, 5.41) is 18.2. The minimum absolute atomic E-state index is 0.0269. The van der Waals surface area contributed by atoms with Gasteiger partial charge in [0, 0.05) is 93.1 Å². The molecule has 0 bridgehead atoms. The quantitative estimate of drug-likeness (QED) is 0.279. The van der Waals surface area contributed by atoms with Crippen molar-refractivity contribution < 1.29 is 28.2 Å². The summed E-state index contributed by atoms with van der Waals surface area (Å²) in [4.78, 5) is 35.0. The van der Waals surface area contributed by atoms with Crippen molar-refractivity contribution in [2.75, 3.05) is 24.6 Å². The second kappa shape index (κ2) is 12.0. The molecule has 0 atom stereocenters. The smallest absolute Gasteiger partial charge is 0.338 e. The fraction of sp³-hybridized carbons (Fsp3) is 0.400. The van der Waals surface area contributed by atoms with Crippen LogP contribution < -0.4 is 9.64 Å². The zero-order valence-electron chi connectivity index (χ0n) is 24.4. The van der Waals surface area contributed by atoms with E-state index in [-0.39, 0.29) is 29.7 Å². The number of fused-ring (bicyclic) bond motifs is 2. The van der Waals surface area contributed by atoms with Crippen molar-refractivity contribution >= 4 is 23.4 Å². The topological polar surface area (TPSA) is 132 Å². The van der Waals surface area contributed by atoms with Gasteiger partial charge in [0.1, 0.15) is 0 Å². The summed E-state index contributed by atoms with van der Waals surface area (Å²) >= 11 is 0. The zero-order chi connectivity index (χ0) is 31.0. The van der Waals surface area contributed by atoms with E-state index in [0.717, 1.165) is 29.7 Å². The number of carbonyl (C=O) groups is 2. The molecule has 1 N–H and O–H groups in total. The van der Waals surface area contributed by atoms with Crippen LogP contribution in [0.3, 0.4) is 0 Å². The van der Waals surface area contributed by atoms with E-state index >= 15 is 0 Å². The molecule has 0 radical (unpaired) electrons. The van der Waals surface area contributed by atoms with Crippen LogP contribution in [0.25, 0.3) is 11.1 Å². The zero-order valence-corrected chi connectivity index (χ0v) is 24.4. The van der Waals surface area contributed by atoms with Gasteiger partial charge in [0.2, 0.25) is 5.91 Å². The normalized spacial score (nSPS) is 14.5. The highest BCUT2D eigenvalue weighted by Gasteiger charge is 2.32. The van der Waals surface area contributed by atoms with E-state index in [1.54, 1.807) is 42.0 Å². The van der Waals surface area contributed by atoms with Gasteiger partial charge in [-0.15, -0.1) is 0 Å². The molecule has 4 aromatic rings. The predicted molar refractivity (Wildman–Crippen MR) is 155 cm³/mol. The van der Waals surface area contributed by atoms with E-state index < -0.39 is 12.4 Å². The molecule has 1 aromatic carbocycles. The number of hydrogen-bond acceptors (Lipinski definition) is 8. The third kappa shape index (κ3) is 5.71. The highest BCUT2D eigenvalue weighted by atomic mass is 19.3. The van der Waals surface area contributed by atoms with Crippen LogP contribution in [0.2, 0.25) is 0 Å². The van der Waals surface area contributed by atoms with E-state index in [2.05, 4.69) is 15.1 Å². The van der Waals surface area contributed by atoms with Gasteiger partial charge in [-0.2, -0.15) is 10.2 Å². The predicted octanol–water partition coefficient (Wildman–Crippen LogP) is 4.17. The Morgan fingerprint density at radius 1 is 1.11 bits per heavy atom. The summed E-state index contributed by atoms with van der Waals surface area (Å²) in [5.74, 6) is -0.471. The summed E-state index contributed by atoms with van der Waals surface area (Å²) in [6.45, 7) is 3.90. The molecule has 44 heavy (non-hydrogen) atoms. The minimum Gasteiger partial charge on any atom is -0.478 e. The monoisotopic (exact) mass is 606 g/mol. The fourth-order valence-corrected chi connectivity index (χ4v) is 5.88. The number of aromatic carboxylic acids is 1. The second-order valence-corrected chi connectivity index (χ2v) is 11.0. The third-order valence-corrected chi connectivity index (χ3v) is 8.05. The number of ether oxygens (including phenoxy) is 1. The maximum Gasteiger partial charge on any atom is 0.338 e. The van der Waals surface area contributed by atoms with Gasteiger partial charge in [0.05, 0.1) is 24.9 Å². The molecule has 3 aromatic heterocycles. The number of carboxylic acid groups (broad SMARTS) is 1. The lowest BCUT2D eigenvalue weighted by Crippen LogP contribution is -2.35. The number of hydrogen-bond donors (Lipinski definition) is 1. The lowest BCUT2D eigenvalue weighted by molar-refractivity contribution is -0.129. The Morgan fingerprint density at radius 3 is 2.59 bits per heavy atom. The van der Waals surface area contributed by atoms with Crippen molar-refractivity contribution in [1.82, 2.24) is 34.4 Å². The largest absolute Gasteiger partial charge is 0.478 e. The van der Waals surface area contributed by atoms with E-state index in [9.17, 15) is 18.4 Å². The first-order valence-corrected chi connectivity index (χ1v) is 14.4. The van der Waals surface area contributed by atoms with Gasteiger partial charge in [-0.3, -0.25) is 14.2 Å². The van der Waals surface area contributed by atoms with E-state index in [4.69, 9.17) is 14.9 Å². The molecule has 0 saturated carbocycles. The number of benzene rings is 1. The third-order valence-electron chi connectivity index (χ3n) is 8.05. The number of carbonyl (C=O) groups excluding carboxylic acids is 1. The molecule has 0 saturated heterocycles. The van der Waals surface area contributed by atoms with Gasteiger partial charge in [0.15, 0.2) is 5.82 Å². The number of aromatic nitrogens is 6. The van der Waals surface area contributed by atoms with Gasteiger partial charge in [-0.05, 0) is 36.1 Å². The molecule has 0 spiro atoms. The van der Waals surface area contributed by atoms with Gasteiger partial charge in [0.25, 0.3) is 6.43 Å². The maximum absolute atomic E-state index is 14.4. The maximum atomic E-state index is 14.4. The number of aryl methyl sites for hydroxylation is 3. The van der Waals surface area contributed by atoms with E-state index in [1.807, 2.05) is 15.6 Å². The number of alkyl halides is 2. The summed E-state index contributed by atoms with van der Waals surface area (Å²) in [6.07, 6.45) is 5.79. The molecule has 2 aliphatic rings. The highest BCUT2D eigenvalue weighted by molar-refractivity contribution is 5.86. The van der Waals surface area contributed by atoms with Crippen molar-refractivity contribution in [2.45, 2.75) is 52.1 Å². The Kier molecular flexibility index (Phi) is 7.97. The highest BCUT2D eigenvalue weighted by Crippen LogP contribution is 2.42. The first-order valence-electron chi connectivity index (χ1n) is 14.4. The van der Waals surface area contributed by atoms with E-state index in [0.29, 0.717) is 61.7 Å². The molecular formula is C30H32F2N8O4. The molecule has 0 unspecified atom stereocenters. The molecule has 14 heteroatoms. The van der Waals surface area contributed by atoms with Gasteiger partial charge < -0.3 is 19.6 Å². The molecule has 0 aliphatic carbocycles. The van der Waals surface area contributed by atoms with Crippen LogP contribution in [0.1, 0.15) is 58.9 Å². The standard InChI is InChI=1S/C30H32F2N8O4/c1-18(41)38-9-6-25-24(17-38)28(36-40(25)8-4-10-44-30-33-13-20(14-34-30)29(42)43)39-7-3-5-19-11-22(21-15-35-37(2)16-21)23(27(31)32)12-26(19)39/h11-16,27H,3-10,17H2,1-2H3,(H,42,43). The number of carboxylic acids is 1. The first-order chi connectivity index (χ1) is 21.2. The molecule has 230 valence electrons. The molecule has 6 rings (SSSR count). The van der Waals surface area contributed by atoms with Crippen molar-refractivity contribution in [1.29, 1.82) is 0 Å². The van der Waals surface area contributed by atoms with Crippen LogP contribution in [-0.2, 0) is 37.8 Å². The van der Waals surface area contributed by atoms with Crippen LogP contribution in [-0.4, -0.2) is 71.1 Å². The summed E-state index contributed by atoms with van der Waals surface area (Å²) in [7, 11) is 1.76. The molecule has 1 amide bonds. The Morgan fingerprint density at radius 2 is 1.91 bits per heavy atom. The molecular weight excluding hydrogens is 574 g/mol. The van der Waals surface area contributed by atoms with Crippen LogP contribution in [0, 0.1) is 0 Å².